The third-order valence-corrected chi connectivity index (χ3v) is 5.04. The fourth-order valence-corrected chi connectivity index (χ4v) is 3.64. The second kappa shape index (κ2) is 6.70. The van der Waals surface area contributed by atoms with Gasteiger partial charge in [-0.1, -0.05) is 25.1 Å². The molecule has 1 heterocycles. The van der Waals surface area contributed by atoms with Crippen molar-refractivity contribution >= 4 is 21.6 Å². The van der Waals surface area contributed by atoms with Gasteiger partial charge in [-0.25, -0.2) is 13.4 Å². The van der Waals surface area contributed by atoms with Gasteiger partial charge in [-0.05, 0) is 37.6 Å². The molecule has 2 aromatic rings. The van der Waals surface area contributed by atoms with E-state index in [1.807, 2.05) is 13.0 Å². The summed E-state index contributed by atoms with van der Waals surface area (Å²) in [5.74, 6) is -0.0685. The van der Waals surface area contributed by atoms with Crippen LogP contribution in [0.25, 0.3) is 0 Å². The normalized spacial score (nSPS) is 11.2. The SMILES string of the molecule is CCCS(=O)(=O)c1ccccc1C(=O)Nc1cccc(C)n1. The quantitative estimate of drug-likeness (QED) is 0.919. The van der Waals surface area contributed by atoms with Crippen molar-refractivity contribution in [1.29, 1.82) is 0 Å². The van der Waals surface area contributed by atoms with Crippen LogP contribution in [-0.2, 0) is 9.84 Å². The summed E-state index contributed by atoms with van der Waals surface area (Å²) in [7, 11) is -3.47. The van der Waals surface area contributed by atoms with E-state index in [0.29, 0.717) is 12.2 Å². The van der Waals surface area contributed by atoms with Crippen molar-refractivity contribution in [2.45, 2.75) is 25.2 Å². The number of amides is 1. The predicted molar refractivity (Wildman–Crippen MR) is 85.7 cm³/mol. The number of nitrogens with one attached hydrogen (secondary N) is 1. The molecule has 5 nitrogen and oxygen atoms in total. The van der Waals surface area contributed by atoms with E-state index in [1.165, 1.54) is 12.1 Å². The smallest absolute Gasteiger partial charge is 0.258 e. The summed E-state index contributed by atoms with van der Waals surface area (Å²) < 4.78 is 24.5. The third kappa shape index (κ3) is 3.71. The van der Waals surface area contributed by atoms with Crippen molar-refractivity contribution in [3.63, 3.8) is 0 Å². The summed E-state index contributed by atoms with van der Waals surface area (Å²) in [5, 5.41) is 2.64. The van der Waals surface area contributed by atoms with Crippen LogP contribution in [0.5, 0.6) is 0 Å². The molecular formula is C16H18N2O3S. The summed E-state index contributed by atoms with van der Waals surface area (Å²) in [6, 6.07) is 11.5. The number of anilines is 1. The zero-order valence-corrected chi connectivity index (χ0v) is 13.4. The molecular weight excluding hydrogens is 300 g/mol. The van der Waals surface area contributed by atoms with Gasteiger partial charge in [0.1, 0.15) is 5.82 Å². The zero-order valence-electron chi connectivity index (χ0n) is 12.5. The van der Waals surface area contributed by atoms with Gasteiger partial charge in [0.15, 0.2) is 9.84 Å². The molecule has 116 valence electrons. The first kappa shape index (κ1) is 16.2. The van der Waals surface area contributed by atoms with Gasteiger partial charge < -0.3 is 5.32 Å². The van der Waals surface area contributed by atoms with E-state index in [2.05, 4.69) is 10.3 Å². The maximum atomic E-state index is 12.4. The highest BCUT2D eigenvalue weighted by Gasteiger charge is 2.21. The standard InChI is InChI=1S/C16H18N2O3S/c1-3-11-22(20,21)14-9-5-4-8-13(14)16(19)18-15-10-6-7-12(2)17-15/h4-10H,3,11H2,1-2H3,(H,17,18,19). The lowest BCUT2D eigenvalue weighted by molar-refractivity contribution is 0.102. The molecule has 6 heteroatoms. The molecule has 0 aliphatic rings. The van der Waals surface area contributed by atoms with E-state index < -0.39 is 15.7 Å². The monoisotopic (exact) mass is 318 g/mol. The minimum Gasteiger partial charge on any atom is -0.307 e. The van der Waals surface area contributed by atoms with Crippen LogP contribution < -0.4 is 5.32 Å². The lowest BCUT2D eigenvalue weighted by Crippen LogP contribution is -2.18. The van der Waals surface area contributed by atoms with E-state index in [1.54, 1.807) is 31.2 Å². The molecule has 0 aliphatic heterocycles. The van der Waals surface area contributed by atoms with Gasteiger partial charge in [-0.15, -0.1) is 0 Å². The number of hydrogen-bond donors (Lipinski definition) is 1. The molecule has 0 bridgehead atoms. The predicted octanol–water partition coefficient (Wildman–Crippen LogP) is 2.83. The third-order valence-electron chi connectivity index (χ3n) is 3.07. The number of benzene rings is 1. The largest absolute Gasteiger partial charge is 0.307 e. The van der Waals surface area contributed by atoms with E-state index in [9.17, 15) is 13.2 Å². The molecule has 0 radical (unpaired) electrons. The van der Waals surface area contributed by atoms with Crippen LogP contribution in [0.4, 0.5) is 5.82 Å². The van der Waals surface area contributed by atoms with E-state index in [-0.39, 0.29) is 16.2 Å². The number of carbonyl (C=O) groups is 1. The van der Waals surface area contributed by atoms with Crippen molar-refractivity contribution in [2.75, 3.05) is 11.1 Å². The van der Waals surface area contributed by atoms with Crippen LogP contribution in [0.3, 0.4) is 0 Å². The average Bonchev–Trinajstić information content (AvgIpc) is 2.47. The molecule has 0 fully saturated rings. The number of pyridine rings is 1. The van der Waals surface area contributed by atoms with Crippen LogP contribution in [0.2, 0.25) is 0 Å². The van der Waals surface area contributed by atoms with Crippen LogP contribution in [0, 0.1) is 6.92 Å². The van der Waals surface area contributed by atoms with Crippen LogP contribution in [0.1, 0.15) is 29.4 Å². The molecule has 0 saturated carbocycles. The number of aromatic nitrogens is 1. The second-order valence-electron chi connectivity index (χ2n) is 4.93. The topological polar surface area (TPSA) is 76.1 Å². The molecule has 0 aliphatic carbocycles. The number of sulfone groups is 1. The molecule has 1 aromatic carbocycles. The van der Waals surface area contributed by atoms with Crippen LogP contribution in [0.15, 0.2) is 47.4 Å². The molecule has 0 spiro atoms. The highest BCUT2D eigenvalue weighted by atomic mass is 32.2. The van der Waals surface area contributed by atoms with Gasteiger partial charge in [0, 0.05) is 5.69 Å². The summed E-state index contributed by atoms with van der Waals surface area (Å²) in [6.45, 7) is 3.60. The number of nitrogens with zero attached hydrogens (tertiary/aromatic N) is 1. The van der Waals surface area contributed by atoms with Gasteiger partial charge in [-0.3, -0.25) is 4.79 Å². The Balaban J connectivity index is 2.35. The number of aryl methyl sites for hydroxylation is 1. The summed E-state index contributed by atoms with van der Waals surface area (Å²) >= 11 is 0. The Hall–Kier alpha value is -2.21. The first-order chi connectivity index (χ1) is 10.4. The fraction of sp³-hybridized carbons (Fsp3) is 0.250. The van der Waals surface area contributed by atoms with Gasteiger partial charge in [0.2, 0.25) is 0 Å². The van der Waals surface area contributed by atoms with Crippen LogP contribution >= 0.6 is 0 Å². The Morgan fingerprint density at radius 2 is 1.86 bits per heavy atom. The van der Waals surface area contributed by atoms with Gasteiger partial charge in [-0.2, -0.15) is 0 Å². The maximum Gasteiger partial charge on any atom is 0.258 e. The van der Waals surface area contributed by atoms with Crippen LogP contribution in [-0.4, -0.2) is 25.1 Å². The van der Waals surface area contributed by atoms with Gasteiger partial charge in [0.25, 0.3) is 5.91 Å². The Labute approximate surface area is 130 Å². The fourth-order valence-electron chi connectivity index (χ4n) is 2.10. The van der Waals surface area contributed by atoms with Crippen molar-refractivity contribution in [2.24, 2.45) is 0 Å². The Bertz CT molecular complexity index is 785. The molecule has 0 atom stereocenters. The number of rotatable bonds is 5. The second-order valence-corrected chi connectivity index (χ2v) is 7.01. The lowest BCUT2D eigenvalue weighted by atomic mass is 10.2. The average molecular weight is 318 g/mol. The Kier molecular flexibility index (Phi) is 4.92. The highest BCUT2D eigenvalue weighted by molar-refractivity contribution is 7.91. The minimum atomic E-state index is -3.47. The highest BCUT2D eigenvalue weighted by Crippen LogP contribution is 2.19. The first-order valence-corrected chi connectivity index (χ1v) is 8.66. The van der Waals surface area contributed by atoms with Crippen molar-refractivity contribution in [1.82, 2.24) is 4.98 Å². The Morgan fingerprint density at radius 1 is 1.14 bits per heavy atom. The van der Waals surface area contributed by atoms with E-state index in [4.69, 9.17) is 0 Å². The summed E-state index contributed by atoms with van der Waals surface area (Å²) in [4.78, 5) is 16.6. The summed E-state index contributed by atoms with van der Waals surface area (Å²) in [6.07, 6.45) is 0.498. The molecule has 22 heavy (non-hydrogen) atoms. The number of hydrogen-bond acceptors (Lipinski definition) is 4. The molecule has 1 amide bonds. The van der Waals surface area contributed by atoms with E-state index >= 15 is 0 Å². The van der Waals surface area contributed by atoms with Crippen molar-refractivity contribution < 1.29 is 13.2 Å². The lowest BCUT2D eigenvalue weighted by Gasteiger charge is -2.10. The maximum absolute atomic E-state index is 12.4. The van der Waals surface area contributed by atoms with Crippen molar-refractivity contribution in [3.05, 3.63) is 53.7 Å². The Morgan fingerprint density at radius 3 is 2.55 bits per heavy atom. The van der Waals surface area contributed by atoms with Crippen molar-refractivity contribution in [3.8, 4) is 0 Å². The molecule has 1 N–H and O–H groups in total. The van der Waals surface area contributed by atoms with E-state index in [0.717, 1.165) is 5.69 Å². The number of carbonyl (C=O) groups excluding carboxylic acids is 1. The molecule has 1 aromatic heterocycles. The molecule has 0 saturated heterocycles. The minimum absolute atomic E-state index is 0.0139. The summed E-state index contributed by atoms with van der Waals surface area (Å²) in [5.41, 5.74) is 0.906. The first-order valence-electron chi connectivity index (χ1n) is 7.01. The molecule has 0 unspecified atom stereocenters. The van der Waals surface area contributed by atoms with Gasteiger partial charge in [0.05, 0.1) is 16.2 Å². The molecule has 2 rings (SSSR count). The van der Waals surface area contributed by atoms with Gasteiger partial charge >= 0.3 is 0 Å². The zero-order chi connectivity index (χ0) is 16.2.